The molecule has 0 aliphatic rings. The summed E-state index contributed by atoms with van der Waals surface area (Å²) in [6.07, 6.45) is 1.89. The molecule has 0 aliphatic carbocycles. The average Bonchev–Trinajstić information content (AvgIpc) is 2.62. The molecule has 1 heterocycles. The van der Waals surface area contributed by atoms with Crippen LogP contribution >= 0.6 is 0 Å². The molecule has 126 valence electrons. The Hall–Kier alpha value is -2.93. The van der Waals surface area contributed by atoms with E-state index in [0.717, 1.165) is 11.3 Å². The van der Waals surface area contributed by atoms with E-state index in [0.29, 0.717) is 6.42 Å². The zero-order valence-electron chi connectivity index (χ0n) is 13.2. The summed E-state index contributed by atoms with van der Waals surface area (Å²) in [6.45, 7) is -0.253. The topological polar surface area (TPSA) is 101 Å². The van der Waals surface area contributed by atoms with Crippen molar-refractivity contribution in [3.05, 3.63) is 59.9 Å². The van der Waals surface area contributed by atoms with Gasteiger partial charge in [-0.1, -0.05) is 18.2 Å². The molecule has 0 bridgehead atoms. The number of rotatable bonds is 6. The van der Waals surface area contributed by atoms with Crippen molar-refractivity contribution in [1.82, 2.24) is 15.6 Å². The Morgan fingerprint density at radius 2 is 1.96 bits per heavy atom. The minimum Gasteiger partial charge on any atom is -0.497 e. The van der Waals surface area contributed by atoms with Gasteiger partial charge in [-0.05, 0) is 36.2 Å². The Morgan fingerprint density at radius 1 is 1.21 bits per heavy atom. The number of benzene rings is 1. The van der Waals surface area contributed by atoms with Gasteiger partial charge in [-0.15, -0.1) is 0 Å². The molecule has 0 saturated carbocycles. The first-order valence-corrected chi connectivity index (χ1v) is 7.39. The Balaban J connectivity index is 1.89. The predicted octanol–water partition coefficient (Wildman–Crippen LogP) is 1.13. The highest BCUT2D eigenvalue weighted by atomic mass is 16.5. The van der Waals surface area contributed by atoms with Crippen molar-refractivity contribution < 1.29 is 19.4 Å². The van der Waals surface area contributed by atoms with E-state index >= 15 is 0 Å². The summed E-state index contributed by atoms with van der Waals surface area (Å²) in [5.41, 5.74) is 1.06. The van der Waals surface area contributed by atoms with Crippen molar-refractivity contribution in [1.29, 1.82) is 0 Å². The van der Waals surface area contributed by atoms with Gasteiger partial charge < -0.3 is 15.2 Å². The first-order chi connectivity index (χ1) is 11.6. The van der Waals surface area contributed by atoms with Crippen LogP contribution in [0.2, 0.25) is 0 Å². The third-order valence-electron chi connectivity index (χ3n) is 3.32. The van der Waals surface area contributed by atoms with Gasteiger partial charge in [-0.25, -0.2) is 4.79 Å². The smallest absolute Gasteiger partial charge is 0.322 e. The van der Waals surface area contributed by atoms with Crippen LogP contribution in [0.1, 0.15) is 16.1 Å². The van der Waals surface area contributed by atoms with E-state index in [1.54, 1.807) is 31.4 Å². The number of methoxy groups -OCH3 is 1. The number of hydrogen-bond acceptors (Lipinski definition) is 5. The van der Waals surface area contributed by atoms with Crippen molar-refractivity contribution in [2.24, 2.45) is 0 Å². The summed E-state index contributed by atoms with van der Waals surface area (Å²) < 4.78 is 5.08. The van der Waals surface area contributed by atoms with Gasteiger partial charge in [-0.2, -0.15) is 0 Å². The van der Waals surface area contributed by atoms with Crippen LogP contribution in [0, 0.1) is 0 Å². The molecule has 1 atom stereocenters. The number of carbonyl (C=O) groups excluding carboxylic acids is 2. The molecule has 0 spiro atoms. The van der Waals surface area contributed by atoms with Crippen LogP contribution in [0.15, 0.2) is 48.7 Å². The molecule has 2 rings (SSSR count). The van der Waals surface area contributed by atoms with E-state index in [-0.39, 0.29) is 12.3 Å². The molecular weight excluding hydrogens is 310 g/mol. The van der Waals surface area contributed by atoms with Crippen LogP contribution in [0.4, 0.5) is 4.79 Å². The largest absolute Gasteiger partial charge is 0.497 e. The molecule has 1 aromatic heterocycles. The number of aliphatic hydroxyl groups is 1. The van der Waals surface area contributed by atoms with Crippen molar-refractivity contribution in [2.75, 3.05) is 13.7 Å². The van der Waals surface area contributed by atoms with Crippen LogP contribution < -0.4 is 15.4 Å². The standard InChI is InChI=1S/C17H19N3O4/c1-24-14-7-5-12(6-8-14)10-13(11-21)19-17(23)20-16(22)15-4-2-3-9-18-15/h2-9,13,21H,10-11H2,1H3,(H2,19,20,22,23)/t13-/m0/s1. The number of aliphatic hydroxyl groups excluding tert-OH is 1. The van der Waals surface area contributed by atoms with Gasteiger partial charge in [0.15, 0.2) is 0 Å². The maximum absolute atomic E-state index is 11.9. The number of carbonyl (C=O) groups is 2. The summed E-state index contributed by atoms with van der Waals surface area (Å²) in [7, 11) is 1.58. The van der Waals surface area contributed by atoms with E-state index in [2.05, 4.69) is 15.6 Å². The molecule has 0 unspecified atom stereocenters. The zero-order chi connectivity index (χ0) is 17.4. The van der Waals surface area contributed by atoms with Crippen LogP contribution in [0.25, 0.3) is 0 Å². The van der Waals surface area contributed by atoms with Gasteiger partial charge in [0.2, 0.25) is 0 Å². The number of urea groups is 1. The van der Waals surface area contributed by atoms with E-state index in [4.69, 9.17) is 4.74 Å². The Kier molecular flexibility index (Phi) is 6.27. The molecule has 0 saturated heterocycles. The zero-order valence-corrected chi connectivity index (χ0v) is 13.2. The van der Waals surface area contributed by atoms with Gasteiger partial charge in [0.05, 0.1) is 19.8 Å². The SMILES string of the molecule is COc1ccc(C[C@@H](CO)NC(=O)NC(=O)c2ccccn2)cc1. The Morgan fingerprint density at radius 3 is 2.54 bits per heavy atom. The normalized spacial score (nSPS) is 11.4. The van der Waals surface area contributed by atoms with Crippen molar-refractivity contribution in [3.8, 4) is 5.75 Å². The second kappa shape index (κ2) is 8.64. The predicted molar refractivity (Wildman–Crippen MR) is 87.8 cm³/mol. The fraction of sp³-hybridized carbons (Fsp3) is 0.235. The second-order valence-corrected chi connectivity index (χ2v) is 5.07. The number of nitrogens with one attached hydrogen (secondary N) is 2. The van der Waals surface area contributed by atoms with Gasteiger partial charge in [0.1, 0.15) is 11.4 Å². The fourth-order valence-corrected chi connectivity index (χ4v) is 2.09. The lowest BCUT2D eigenvalue weighted by molar-refractivity contribution is 0.0957. The molecule has 0 aliphatic heterocycles. The Labute approximate surface area is 139 Å². The number of hydrogen-bond donors (Lipinski definition) is 3. The van der Waals surface area contributed by atoms with Crippen LogP contribution in [0.3, 0.4) is 0 Å². The van der Waals surface area contributed by atoms with Crippen molar-refractivity contribution in [3.63, 3.8) is 0 Å². The average molecular weight is 329 g/mol. The van der Waals surface area contributed by atoms with Gasteiger partial charge >= 0.3 is 6.03 Å². The lowest BCUT2D eigenvalue weighted by Gasteiger charge is -2.16. The third-order valence-corrected chi connectivity index (χ3v) is 3.32. The summed E-state index contributed by atoms with van der Waals surface area (Å²) >= 11 is 0. The lowest BCUT2D eigenvalue weighted by atomic mass is 10.1. The molecule has 0 radical (unpaired) electrons. The molecule has 3 amide bonds. The number of amides is 3. The molecule has 24 heavy (non-hydrogen) atoms. The molecular formula is C17H19N3O4. The minimum absolute atomic E-state index is 0.142. The van der Waals surface area contributed by atoms with Gasteiger partial charge in [0, 0.05) is 6.20 Å². The van der Waals surface area contributed by atoms with E-state index < -0.39 is 18.0 Å². The summed E-state index contributed by atoms with van der Waals surface area (Å²) in [6, 6.07) is 10.9. The van der Waals surface area contributed by atoms with E-state index in [1.807, 2.05) is 12.1 Å². The number of imide groups is 1. The molecule has 2 aromatic rings. The van der Waals surface area contributed by atoms with Crippen LogP contribution in [-0.2, 0) is 6.42 Å². The molecule has 7 heteroatoms. The summed E-state index contributed by atoms with van der Waals surface area (Å²) in [5.74, 6) is 0.125. The van der Waals surface area contributed by atoms with Gasteiger partial charge in [0.25, 0.3) is 5.91 Å². The second-order valence-electron chi connectivity index (χ2n) is 5.07. The highest BCUT2D eigenvalue weighted by molar-refractivity contribution is 6.03. The first-order valence-electron chi connectivity index (χ1n) is 7.39. The lowest BCUT2D eigenvalue weighted by Crippen LogP contribution is -2.47. The van der Waals surface area contributed by atoms with Crippen molar-refractivity contribution in [2.45, 2.75) is 12.5 Å². The Bertz CT molecular complexity index is 674. The minimum atomic E-state index is -0.682. The number of ether oxygens (including phenoxy) is 1. The first kappa shape index (κ1) is 17.4. The summed E-state index contributed by atoms with van der Waals surface area (Å²) in [5, 5.41) is 14.2. The van der Waals surface area contributed by atoms with E-state index in [1.165, 1.54) is 12.3 Å². The maximum Gasteiger partial charge on any atom is 0.322 e. The summed E-state index contributed by atoms with van der Waals surface area (Å²) in [4.78, 5) is 27.6. The fourth-order valence-electron chi connectivity index (χ4n) is 2.09. The van der Waals surface area contributed by atoms with Crippen LogP contribution in [0.5, 0.6) is 5.75 Å². The molecule has 0 fully saturated rings. The maximum atomic E-state index is 11.9. The number of pyridine rings is 1. The molecule has 7 nitrogen and oxygen atoms in total. The van der Waals surface area contributed by atoms with Crippen molar-refractivity contribution >= 4 is 11.9 Å². The van der Waals surface area contributed by atoms with Crippen LogP contribution in [-0.4, -0.2) is 41.8 Å². The van der Waals surface area contributed by atoms with Gasteiger partial charge in [-0.3, -0.25) is 15.1 Å². The molecule has 1 aromatic carbocycles. The van der Waals surface area contributed by atoms with E-state index in [9.17, 15) is 14.7 Å². The quantitative estimate of drug-likeness (QED) is 0.738. The highest BCUT2D eigenvalue weighted by Crippen LogP contribution is 2.12. The monoisotopic (exact) mass is 329 g/mol. The highest BCUT2D eigenvalue weighted by Gasteiger charge is 2.15. The molecule has 3 N–H and O–H groups in total. The third kappa shape index (κ3) is 5.06. The number of nitrogens with zero attached hydrogens (tertiary/aromatic N) is 1. The number of aromatic nitrogens is 1.